The van der Waals surface area contributed by atoms with E-state index in [-0.39, 0.29) is 0 Å². The summed E-state index contributed by atoms with van der Waals surface area (Å²) in [5.41, 5.74) is 4.66. The van der Waals surface area contributed by atoms with Crippen LogP contribution in [0, 0.1) is 5.92 Å². The van der Waals surface area contributed by atoms with Crippen molar-refractivity contribution in [2.24, 2.45) is 5.92 Å². The first kappa shape index (κ1) is 12.6. The van der Waals surface area contributed by atoms with Gasteiger partial charge in [0.2, 0.25) is 0 Å². The van der Waals surface area contributed by atoms with E-state index in [0.29, 0.717) is 0 Å². The molecule has 0 radical (unpaired) electrons. The molecule has 3 rings (SSSR count). The first-order chi connectivity index (χ1) is 8.92. The molecule has 1 nitrogen and oxygen atoms in total. The van der Waals surface area contributed by atoms with E-state index in [1.165, 1.54) is 55.7 Å². The van der Waals surface area contributed by atoms with Gasteiger partial charge in [0.05, 0.1) is 0 Å². The van der Waals surface area contributed by atoms with Gasteiger partial charge in [0.15, 0.2) is 0 Å². The summed E-state index contributed by atoms with van der Waals surface area (Å²) in [6, 6.07) is 7.08. The summed E-state index contributed by atoms with van der Waals surface area (Å²) in [7, 11) is 0. The van der Waals surface area contributed by atoms with E-state index in [0.717, 1.165) is 12.5 Å². The molecule has 0 unspecified atom stereocenters. The lowest BCUT2D eigenvalue weighted by Crippen LogP contribution is -2.25. The van der Waals surface area contributed by atoms with Crippen molar-refractivity contribution in [3.63, 3.8) is 0 Å². The van der Waals surface area contributed by atoms with Crippen LogP contribution >= 0.6 is 11.8 Å². The molecule has 1 N–H and O–H groups in total. The van der Waals surface area contributed by atoms with Crippen LogP contribution in [0.25, 0.3) is 0 Å². The Morgan fingerprint density at radius 1 is 1.11 bits per heavy atom. The summed E-state index contributed by atoms with van der Waals surface area (Å²) in [4.78, 5) is 0. The Hall–Kier alpha value is -0.470. The monoisotopic (exact) mass is 261 g/mol. The number of aryl methyl sites for hydroxylation is 2. The molecule has 2 aliphatic rings. The van der Waals surface area contributed by atoms with Crippen LogP contribution < -0.4 is 5.32 Å². The van der Waals surface area contributed by atoms with Gasteiger partial charge in [0, 0.05) is 6.54 Å². The van der Waals surface area contributed by atoms with Crippen LogP contribution in [0.4, 0.5) is 0 Å². The van der Waals surface area contributed by atoms with Gasteiger partial charge in [-0.1, -0.05) is 18.2 Å². The Kier molecular flexibility index (Phi) is 4.27. The lowest BCUT2D eigenvalue weighted by atomic mass is 10.0. The van der Waals surface area contributed by atoms with E-state index >= 15 is 0 Å². The minimum absolute atomic E-state index is 0.917. The standard InChI is InChI=1S/C16H23NS/c1-2-15-5-4-14(10-16(15)3-1)12-17-11-13-6-8-18-9-7-13/h4-5,10,13,17H,1-3,6-9,11-12H2. The van der Waals surface area contributed by atoms with Crippen molar-refractivity contribution in [2.45, 2.75) is 38.6 Å². The van der Waals surface area contributed by atoms with E-state index in [1.807, 2.05) is 0 Å². The third kappa shape index (κ3) is 3.10. The largest absolute Gasteiger partial charge is 0.312 e. The fourth-order valence-electron chi connectivity index (χ4n) is 3.11. The lowest BCUT2D eigenvalue weighted by Gasteiger charge is -2.21. The summed E-state index contributed by atoms with van der Waals surface area (Å²) < 4.78 is 0. The van der Waals surface area contributed by atoms with Crippen LogP contribution in [0.15, 0.2) is 18.2 Å². The zero-order valence-electron chi connectivity index (χ0n) is 11.1. The fraction of sp³-hybridized carbons (Fsp3) is 0.625. The highest BCUT2D eigenvalue weighted by molar-refractivity contribution is 7.99. The van der Waals surface area contributed by atoms with E-state index in [9.17, 15) is 0 Å². The van der Waals surface area contributed by atoms with Gasteiger partial charge in [-0.05, 0) is 72.8 Å². The zero-order valence-corrected chi connectivity index (χ0v) is 11.9. The summed E-state index contributed by atoms with van der Waals surface area (Å²) in [6.45, 7) is 2.26. The van der Waals surface area contributed by atoms with Gasteiger partial charge in [-0.15, -0.1) is 0 Å². The van der Waals surface area contributed by atoms with E-state index in [4.69, 9.17) is 0 Å². The third-order valence-corrected chi connectivity index (χ3v) is 5.31. The maximum atomic E-state index is 3.65. The number of hydrogen-bond acceptors (Lipinski definition) is 2. The van der Waals surface area contributed by atoms with Crippen molar-refractivity contribution >= 4 is 11.8 Å². The lowest BCUT2D eigenvalue weighted by molar-refractivity contribution is 0.447. The molecule has 0 amide bonds. The molecule has 0 spiro atoms. The maximum Gasteiger partial charge on any atom is 0.0205 e. The number of benzene rings is 1. The Morgan fingerprint density at radius 3 is 2.83 bits per heavy atom. The van der Waals surface area contributed by atoms with Gasteiger partial charge in [-0.25, -0.2) is 0 Å². The number of nitrogens with one attached hydrogen (secondary N) is 1. The van der Waals surface area contributed by atoms with Crippen LogP contribution in [-0.4, -0.2) is 18.1 Å². The third-order valence-electron chi connectivity index (χ3n) is 4.27. The van der Waals surface area contributed by atoms with Crippen molar-refractivity contribution in [1.29, 1.82) is 0 Å². The van der Waals surface area contributed by atoms with E-state index in [2.05, 4.69) is 35.3 Å². The number of thioether (sulfide) groups is 1. The van der Waals surface area contributed by atoms with E-state index < -0.39 is 0 Å². The zero-order chi connectivity index (χ0) is 12.2. The van der Waals surface area contributed by atoms with Crippen molar-refractivity contribution < 1.29 is 0 Å². The second-order valence-electron chi connectivity index (χ2n) is 5.64. The Balaban J connectivity index is 1.48. The second-order valence-corrected chi connectivity index (χ2v) is 6.87. The summed E-state index contributed by atoms with van der Waals surface area (Å²) in [6.07, 6.45) is 6.75. The highest BCUT2D eigenvalue weighted by atomic mass is 32.2. The van der Waals surface area contributed by atoms with Crippen LogP contribution in [0.1, 0.15) is 36.0 Å². The number of rotatable bonds is 4. The van der Waals surface area contributed by atoms with Crippen LogP contribution in [0.5, 0.6) is 0 Å². The minimum Gasteiger partial charge on any atom is -0.312 e. The van der Waals surface area contributed by atoms with Gasteiger partial charge < -0.3 is 5.32 Å². The predicted molar refractivity (Wildman–Crippen MR) is 80.2 cm³/mol. The minimum atomic E-state index is 0.917. The van der Waals surface area contributed by atoms with Gasteiger partial charge in [0.1, 0.15) is 0 Å². The first-order valence-electron chi connectivity index (χ1n) is 7.31. The molecule has 1 aromatic rings. The molecule has 1 fully saturated rings. The molecule has 18 heavy (non-hydrogen) atoms. The van der Waals surface area contributed by atoms with Crippen LogP contribution in [0.2, 0.25) is 0 Å². The molecular weight excluding hydrogens is 238 g/mol. The fourth-order valence-corrected chi connectivity index (χ4v) is 4.31. The molecular formula is C16H23NS. The van der Waals surface area contributed by atoms with E-state index in [1.54, 1.807) is 11.1 Å². The molecule has 1 aromatic carbocycles. The number of hydrogen-bond donors (Lipinski definition) is 1. The van der Waals surface area contributed by atoms with Gasteiger partial charge in [-0.3, -0.25) is 0 Å². The SMILES string of the molecule is c1cc2c(cc1CNCC1CCSCC1)CCC2. The van der Waals surface area contributed by atoms with Crippen molar-refractivity contribution in [1.82, 2.24) is 5.32 Å². The average molecular weight is 261 g/mol. The summed E-state index contributed by atoms with van der Waals surface area (Å²) in [5.74, 6) is 3.65. The topological polar surface area (TPSA) is 12.0 Å². The molecule has 1 aliphatic heterocycles. The highest BCUT2D eigenvalue weighted by Crippen LogP contribution is 2.23. The van der Waals surface area contributed by atoms with Crippen LogP contribution in [0.3, 0.4) is 0 Å². The second kappa shape index (κ2) is 6.12. The van der Waals surface area contributed by atoms with Crippen molar-refractivity contribution in [3.05, 3.63) is 34.9 Å². The molecule has 1 heterocycles. The predicted octanol–water partition coefficient (Wildman–Crippen LogP) is 3.41. The van der Waals surface area contributed by atoms with Crippen molar-refractivity contribution in [2.75, 3.05) is 18.1 Å². The van der Waals surface area contributed by atoms with Gasteiger partial charge in [-0.2, -0.15) is 11.8 Å². The Labute approximate surface area is 115 Å². The van der Waals surface area contributed by atoms with Crippen molar-refractivity contribution in [3.8, 4) is 0 Å². The molecule has 2 heteroatoms. The average Bonchev–Trinajstić information content (AvgIpc) is 2.87. The maximum absolute atomic E-state index is 3.65. The molecule has 0 aromatic heterocycles. The highest BCUT2D eigenvalue weighted by Gasteiger charge is 2.13. The molecule has 0 atom stereocenters. The molecule has 0 bridgehead atoms. The molecule has 1 saturated heterocycles. The summed E-state index contributed by atoms with van der Waals surface area (Å²) in [5, 5.41) is 3.65. The molecule has 98 valence electrons. The molecule has 1 aliphatic carbocycles. The number of fused-ring (bicyclic) bond motifs is 1. The van der Waals surface area contributed by atoms with Gasteiger partial charge >= 0.3 is 0 Å². The van der Waals surface area contributed by atoms with Gasteiger partial charge in [0.25, 0.3) is 0 Å². The Morgan fingerprint density at radius 2 is 1.94 bits per heavy atom. The van der Waals surface area contributed by atoms with Crippen LogP contribution in [-0.2, 0) is 19.4 Å². The normalized spacial score (nSPS) is 20.0. The smallest absolute Gasteiger partial charge is 0.0205 e. The molecule has 0 saturated carbocycles. The quantitative estimate of drug-likeness (QED) is 0.891. The first-order valence-corrected chi connectivity index (χ1v) is 8.46. The summed E-state index contributed by atoms with van der Waals surface area (Å²) >= 11 is 2.11. The Bertz CT molecular complexity index is 396.